The van der Waals surface area contributed by atoms with Gasteiger partial charge in [-0.1, -0.05) is 16.7 Å². The second-order valence-electron chi connectivity index (χ2n) is 7.84. The molecule has 0 unspecified atom stereocenters. The van der Waals surface area contributed by atoms with Gasteiger partial charge >= 0.3 is 0 Å². The Hall–Kier alpha value is -3.12. The lowest BCUT2D eigenvalue weighted by atomic mass is 9.95. The van der Waals surface area contributed by atoms with Crippen molar-refractivity contribution in [3.63, 3.8) is 0 Å². The molecule has 1 aromatic heterocycles. The van der Waals surface area contributed by atoms with Crippen LogP contribution in [0, 0.1) is 17.2 Å². The van der Waals surface area contributed by atoms with Crippen molar-refractivity contribution in [1.29, 1.82) is 5.26 Å². The van der Waals surface area contributed by atoms with E-state index in [0.717, 1.165) is 22.0 Å². The number of piperidine rings is 1. The van der Waals surface area contributed by atoms with Crippen molar-refractivity contribution < 1.29 is 27.3 Å². The number of nitrogens with two attached hydrogens (primary N) is 2. The molecular formula is C23H24Cl2N6O2. The third kappa shape index (κ3) is 5.28. The third-order valence-corrected chi connectivity index (χ3v) is 6.20. The lowest BCUT2D eigenvalue weighted by molar-refractivity contribution is -0.591. The Bertz CT molecular complexity index is 1210. The van der Waals surface area contributed by atoms with E-state index in [1.54, 1.807) is 13.3 Å². The number of methoxy groups -OCH3 is 1. The van der Waals surface area contributed by atoms with E-state index in [0.29, 0.717) is 54.6 Å². The number of hydrogen-bond acceptors (Lipinski definition) is 6. The fourth-order valence-corrected chi connectivity index (χ4v) is 4.40. The molecule has 1 aliphatic heterocycles. The normalized spacial score (nSPS) is 13.9. The first-order valence-electron chi connectivity index (χ1n) is 10.4. The Morgan fingerprint density at radius 2 is 2.06 bits per heavy atom. The Kier molecular flexibility index (Phi) is 7.92. The molecule has 0 atom stereocenters. The zero-order valence-corrected chi connectivity index (χ0v) is 19.6. The maximum Gasteiger partial charge on any atom is 0.252 e. The van der Waals surface area contributed by atoms with Gasteiger partial charge in [-0.3, -0.25) is 10.1 Å². The number of rotatable bonds is 6. The summed E-state index contributed by atoms with van der Waals surface area (Å²) in [5, 5.41) is 22.5. The van der Waals surface area contributed by atoms with Crippen LogP contribution in [0.2, 0.25) is 5.02 Å². The summed E-state index contributed by atoms with van der Waals surface area (Å²) in [4.78, 5) is 13.7. The molecule has 8 nitrogen and oxygen atoms in total. The fourth-order valence-electron chi connectivity index (χ4n) is 4.12. The van der Waals surface area contributed by atoms with Crippen LogP contribution < -0.4 is 33.1 Å². The van der Waals surface area contributed by atoms with Gasteiger partial charge in [-0.2, -0.15) is 10.4 Å². The van der Waals surface area contributed by atoms with Gasteiger partial charge in [0.15, 0.2) is 0 Å². The Morgan fingerprint density at radius 3 is 2.70 bits per heavy atom. The second kappa shape index (κ2) is 10.7. The second-order valence-corrected chi connectivity index (χ2v) is 8.25. The molecule has 3 aromatic rings. The summed E-state index contributed by atoms with van der Waals surface area (Å²) in [6, 6.07) is 11.6. The molecule has 0 radical (unpaired) electrons. The Morgan fingerprint density at radius 1 is 1.30 bits per heavy atom. The molecule has 1 aliphatic rings. The number of ether oxygens (including phenoxy) is 1. The van der Waals surface area contributed by atoms with Crippen LogP contribution in [0.5, 0.6) is 5.75 Å². The minimum Gasteiger partial charge on any atom is -1.00 e. The number of primary amides is 1. The molecule has 2 heterocycles. The number of quaternary nitrogens is 1. The highest BCUT2D eigenvalue weighted by Crippen LogP contribution is 2.33. The van der Waals surface area contributed by atoms with Crippen LogP contribution >= 0.6 is 11.6 Å². The highest BCUT2D eigenvalue weighted by Gasteiger charge is 2.25. The van der Waals surface area contributed by atoms with E-state index in [9.17, 15) is 10.1 Å². The number of benzene rings is 2. The monoisotopic (exact) mass is 486 g/mol. The first-order valence-corrected chi connectivity index (χ1v) is 10.8. The maximum atomic E-state index is 11.5. The summed E-state index contributed by atoms with van der Waals surface area (Å²) in [7, 11) is 1.58. The van der Waals surface area contributed by atoms with Crippen LogP contribution in [0.4, 0.5) is 11.5 Å². The number of nitrogens with zero attached hydrogens (tertiary/aromatic N) is 4. The molecule has 4 rings (SSSR count). The van der Waals surface area contributed by atoms with Crippen LogP contribution in [-0.2, 0) is 11.3 Å². The number of anilines is 1. The van der Waals surface area contributed by atoms with Crippen molar-refractivity contribution in [3.8, 4) is 11.8 Å². The van der Waals surface area contributed by atoms with Crippen LogP contribution in [0.1, 0.15) is 24.0 Å². The number of hydrogen-bond donors (Lipinski definition) is 2. The van der Waals surface area contributed by atoms with Gasteiger partial charge in [-0.25, -0.2) is 0 Å². The number of aromatic nitrogens is 2. The molecule has 0 saturated carbocycles. The Balaban J connectivity index is 0.00000306. The molecule has 4 N–H and O–H groups in total. The third-order valence-electron chi connectivity index (χ3n) is 5.90. The van der Waals surface area contributed by atoms with E-state index in [4.69, 9.17) is 22.1 Å². The van der Waals surface area contributed by atoms with E-state index in [-0.39, 0.29) is 24.2 Å². The van der Waals surface area contributed by atoms with Crippen molar-refractivity contribution in [2.75, 3.05) is 25.1 Å². The smallest absolute Gasteiger partial charge is 0.252 e. The number of carbonyl (C=O) groups excluding carboxylic acids is 1. The fraction of sp³-hybridized carbons (Fsp3) is 0.304. The lowest BCUT2D eigenvalue weighted by Gasteiger charge is -2.33. The molecule has 33 heavy (non-hydrogen) atoms. The lowest BCUT2D eigenvalue weighted by Crippen LogP contribution is -3.00. The molecule has 2 aromatic carbocycles. The van der Waals surface area contributed by atoms with Gasteiger partial charge in [0.05, 0.1) is 35.3 Å². The molecular weight excluding hydrogens is 463 g/mol. The van der Waals surface area contributed by atoms with Gasteiger partial charge in [0.25, 0.3) is 5.82 Å². The predicted octanol–water partition coefficient (Wildman–Crippen LogP) is -0.736. The number of halogens is 2. The summed E-state index contributed by atoms with van der Waals surface area (Å²) in [5.41, 5.74) is 7.97. The first-order chi connectivity index (χ1) is 15.5. The van der Waals surface area contributed by atoms with Crippen LogP contribution in [0.25, 0.3) is 10.8 Å². The van der Waals surface area contributed by atoms with E-state index in [1.807, 2.05) is 35.6 Å². The van der Waals surface area contributed by atoms with Crippen LogP contribution in [-0.4, -0.2) is 36.3 Å². The molecule has 0 aliphatic carbocycles. The van der Waals surface area contributed by atoms with Crippen molar-refractivity contribution in [2.45, 2.75) is 19.4 Å². The van der Waals surface area contributed by atoms with Gasteiger partial charge in [-0.15, -0.1) is 0 Å². The zero-order chi connectivity index (χ0) is 22.7. The number of nitriles is 1. The SMILES string of the molecule is COc1ccc(C[NH2+]c2nncc3c(N4CCC(C(N)=O)CC4)cc(C#N)cc23)cc1Cl.[Cl-]. The quantitative estimate of drug-likeness (QED) is 0.473. The van der Waals surface area contributed by atoms with Gasteiger partial charge in [0.2, 0.25) is 5.91 Å². The molecule has 0 spiro atoms. The van der Waals surface area contributed by atoms with Crippen LogP contribution in [0.15, 0.2) is 36.5 Å². The molecule has 1 fully saturated rings. The minimum atomic E-state index is -0.248. The van der Waals surface area contributed by atoms with Gasteiger partial charge < -0.3 is 27.8 Å². The minimum absolute atomic E-state index is 0. The van der Waals surface area contributed by atoms with Crippen molar-refractivity contribution in [2.24, 2.45) is 11.7 Å². The van der Waals surface area contributed by atoms with Gasteiger partial charge in [0.1, 0.15) is 12.3 Å². The average molecular weight is 487 g/mol. The summed E-state index contributed by atoms with van der Waals surface area (Å²) in [5.74, 6) is 0.988. The summed E-state index contributed by atoms with van der Waals surface area (Å²) in [6.07, 6.45) is 3.13. The van der Waals surface area contributed by atoms with E-state index in [1.165, 1.54) is 0 Å². The molecule has 172 valence electrons. The van der Waals surface area contributed by atoms with E-state index < -0.39 is 0 Å². The first kappa shape index (κ1) is 24.5. The summed E-state index contributed by atoms with van der Waals surface area (Å²) >= 11 is 6.25. The van der Waals surface area contributed by atoms with E-state index >= 15 is 0 Å². The molecule has 1 saturated heterocycles. The summed E-state index contributed by atoms with van der Waals surface area (Å²) in [6.45, 7) is 2.00. The maximum absolute atomic E-state index is 11.5. The van der Waals surface area contributed by atoms with Gasteiger partial charge in [0, 0.05) is 35.6 Å². The van der Waals surface area contributed by atoms with Crippen molar-refractivity contribution in [1.82, 2.24) is 10.2 Å². The van der Waals surface area contributed by atoms with Gasteiger partial charge in [-0.05, 0) is 43.2 Å². The topological polar surface area (TPSA) is 122 Å². The number of amides is 1. The van der Waals surface area contributed by atoms with Crippen molar-refractivity contribution >= 4 is 39.8 Å². The van der Waals surface area contributed by atoms with Crippen molar-refractivity contribution in [3.05, 3.63) is 52.7 Å². The summed E-state index contributed by atoms with van der Waals surface area (Å²) < 4.78 is 5.21. The largest absolute Gasteiger partial charge is 1.00 e. The highest BCUT2D eigenvalue weighted by molar-refractivity contribution is 6.32. The number of carbonyl (C=O) groups is 1. The Labute approximate surface area is 203 Å². The molecule has 1 amide bonds. The molecule has 0 bridgehead atoms. The number of fused-ring (bicyclic) bond motifs is 1. The average Bonchev–Trinajstić information content (AvgIpc) is 2.82. The standard InChI is InChI=1S/C23H23ClN6O2.ClH/c1-32-21-3-2-14(9-19(21)24)12-27-23-17-8-15(11-25)10-20(18(17)13-28-29-23)30-6-4-16(5-7-30)22(26)31;/h2-3,8-10,13,16H,4-7,12H2,1H3,(H2,26,31)(H,27,29);1H. The zero-order valence-electron chi connectivity index (χ0n) is 18.1. The highest BCUT2D eigenvalue weighted by atomic mass is 35.5. The predicted molar refractivity (Wildman–Crippen MR) is 122 cm³/mol. The van der Waals surface area contributed by atoms with Crippen LogP contribution in [0.3, 0.4) is 0 Å². The van der Waals surface area contributed by atoms with E-state index in [2.05, 4.69) is 21.2 Å². The molecule has 10 heteroatoms.